The van der Waals surface area contributed by atoms with Crippen molar-refractivity contribution in [2.24, 2.45) is 0 Å². The van der Waals surface area contributed by atoms with Gasteiger partial charge in [0.2, 0.25) is 0 Å². The first-order chi connectivity index (χ1) is 15.1. The van der Waals surface area contributed by atoms with Gasteiger partial charge >= 0.3 is 12.3 Å². The number of hydrogen-bond acceptors (Lipinski definition) is 6. The smallest absolute Gasteiger partial charge is 0.418 e. The summed E-state index contributed by atoms with van der Waals surface area (Å²) < 4.78 is 40.6. The fourth-order valence-electron chi connectivity index (χ4n) is 3.83. The van der Waals surface area contributed by atoms with Gasteiger partial charge in [-0.25, -0.2) is 19.7 Å². The van der Waals surface area contributed by atoms with Crippen LogP contribution in [-0.4, -0.2) is 56.7 Å². The SMILES string of the molecule is C[C@H]1CN(C(=O)O)CCN1c1ncnc2cc(-c3nc(N)ccc3C(F)(F)F)c(Cl)cc12. The second kappa shape index (κ2) is 7.97. The Kier molecular flexibility index (Phi) is 5.45. The zero-order valence-electron chi connectivity index (χ0n) is 16.8. The number of aromatic nitrogens is 3. The van der Waals surface area contributed by atoms with E-state index in [9.17, 15) is 23.1 Å². The van der Waals surface area contributed by atoms with Crippen LogP contribution in [0.2, 0.25) is 5.02 Å². The van der Waals surface area contributed by atoms with E-state index >= 15 is 0 Å². The molecule has 1 aliphatic rings. The number of fused-ring (bicyclic) bond motifs is 1. The number of carbonyl (C=O) groups is 1. The third-order valence-electron chi connectivity index (χ3n) is 5.35. The maximum Gasteiger partial charge on any atom is 0.418 e. The van der Waals surface area contributed by atoms with Crippen molar-refractivity contribution in [3.8, 4) is 11.3 Å². The van der Waals surface area contributed by atoms with Crippen LogP contribution in [0.15, 0.2) is 30.6 Å². The number of alkyl halides is 3. The fourth-order valence-corrected chi connectivity index (χ4v) is 4.08. The minimum absolute atomic E-state index is 0.0361. The van der Waals surface area contributed by atoms with Crippen molar-refractivity contribution in [2.75, 3.05) is 30.3 Å². The number of anilines is 2. The van der Waals surface area contributed by atoms with Crippen molar-refractivity contribution in [1.82, 2.24) is 19.9 Å². The topological polar surface area (TPSA) is 108 Å². The number of pyridine rings is 1. The molecule has 3 N–H and O–H groups in total. The molecule has 0 spiro atoms. The predicted octanol–water partition coefficient (Wildman–Crippen LogP) is 4.13. The molecule has 8 nitrogen and oxygen atoms in total. The summed E-state index contributed by atoms with van der Waals surface area (Å²) in [6, 6.07) is 4.71. The number of nitrogens with two attached hydrogens (primary N) is 1. The number of halogens is 4. The molecule has 0 bridgehead atoms. The van der Waals surface area contributed by atoms with Gasteiger partial charge in [0, 0.05) is 36.6 Å². The van der Waals surface area contributed by atoms with Crippen LogP contribution in [0.4, 0.5) is 29.6 Å². The number of hydrogen-bond donors (Lipinski definition) is 2. The Bertz CT molecular complexity index is 1210. The van der Waals surface area contributed by atoms with Crippen LogP contribution < -0.4 is 10.6 Å². The molecule has 3 heterocycles. The van der Waals surface area contributed by atoms with Crippen molar-refractivity contribution in [1.29, 1.82) is 0 Å². The molecule has 1 atom stereocenters. The molecule has 12 heteroatoms. The van der Waals surface area contributed by atoms with Crippen LogP contribution in [0.25, 0.3) is 22.2 Å². The third-order valence-corrected chi connectivity index (χ3v) is 5.66. The third kappa shape index (κ3) is 3.95. The lowest BCUT2D eigenvalue weighted by Gasteiger charge is -2.39. The monoisotopic (exact) mass is 466 g/mol. The number of benzene rings is 1. The van der Waals surface area contributed by atoms with Crippen molar-refractivity contribution in [3.05, 3.63) is 41.2 Å². The van der Waals surface area contributed by atoms with E-state index in [0.29, 0.717) is 29.8 Å². The van der Waals surface area contributed by atoms with Crippen LogP contribution in [0, 0.1) is 0 Å². The Hall–Kier alpha value is -3.34. The van der Waals surface area contributed by atoms with Gasteiger partial charge in [-0.1, -0.05) is 11.6 Å². The molecule has 1 fully saturated rings. The lowest BCUT2D eigenvalue weighted by atomic mass is 10.0. The van der Waals surface area contributed by atoms with Gasteiger partial charge in [0.15, 0.2) is 0 Å². The standard InChI is InChI=1S/C20H18ClF3N6O2/c1-10-8-29(19(31)32)4-5-30(10)18-12-6-14(21)11(7-15(12)26-9-27-18)17-13(20(22,23)24)2-3-16(25)28-17/h2-3,6-7,9-10H,4-5,8H2,1H3,(H2,25,28)(H,31,32)/t10-/m0/s1. The van der Waals surface area contributed by atoms with Gasteiger partial charge < -0.3 is 20.6 Å². The van der Waals surface area contributed by atoms with Crippen molar-refractivity contribution in [2.45, 2.75) is 19.1 Å². The van der Waals surface area contributed by atoms with Gasteiger partial charge in [0.25, 0.3) is 0 Å². The number of carboxylic acid groups (broad SMARTS) is 1. The number of amides is 1. The Labute approximate surface area is 185 Å². The molecule has 1 aliphatic heterocycles. The largest absolute Gasteiger partial charge is 0.465 e. The Balaban J connectivity index is 1.81. The van der Waals surface area contributed by atoms with Gasteiger partial charge in [0.05, 0.1) is 21.8 Å². The van der Waals surface area contributed by atoms with Crippen LogP contribution >= 0.6 is 11.6 Å². The fraction of sp³-hybridized carbons (Fsp3) is 0.300. The zero-order chi connectivity index (χ0) is 23.2. The van der Waals surface area contributed by atoms with E-state index < -0.39 is 17.8 Å². The van der Waals surface area contributed by atoms with Gasteiger partial charge in [-0.3, -0.25) is 0 Å². The van der Waals surface area contributed by atoms with E-state index in [-0.39, 0.29) is 34.7 Å². The lowest BCUT2D eigenvalue weighted by molar-refractivity contribution is -0.137. The highest BCUT2D eigenvalue weighted by molar-refractivity contribution is 6.34. The first kappa shape index (κ1) is 21.9. The van der Waals surface area contributed by atoms with Crippen LogP contribution in [-0.2, 0) is 6.18 Å². The van der Waals surface area contributed by atoms with Crippen molar-refractivity contribution in [3.63, 3.8) is 0 Å². The number of nitrogen functional groups attached to an aromatic ring is 1. The summed E-state index contributed by atoms with van der Waals surface area (Å²) in [4.78, 5) is 26.9. The quantitative estimate of drug-likeness (QED) is 0.584. The van der Waals surface area contributed by atoms with Gasteiger partial charge in [0.1, 0.15) is 18.0 Å². The first-order valence-electron chi connectivity index (χ1n) is 9.59. The molecule has 3 aromatic rings. The summed E-state index contributed by atoms with van der Waals surface area (Å²) in [6.07, 6.45) is -4.33. The summed E-state index contributed by atoms with van der Waals surface area (Å²) >= 11 is 6.42. The Morgan fingerprint density at radius 2 is 2.00 bits per heavy atom. The number of piperazine rings is 1. The van der Waals surface area contributed by atoms with Crippen molar-refractivity contribution < 1.29 is 23.1 Å². The molecule has 0 radical (unpaired) electrons. The second-order valence-electron chi connectivity index (χ2n) is 7.45. The molecular formula is C20H18ClF3N6O2. The van der Waals surface area contributed by atoms with E-state index in [2.05, 4.69) is 15.0 Å². The van der Waals surface area contributed by atoms with E-state index in [1.165, 1.54) is 23.4 Å². The number of nitrogens with zero attached hydrogens (tertiary/aromatic N) is 5. The molecule has 0 aliphatic carbocycles. The predicted molar refractivity (Wildman–Crippen MR) is 114 cm³/mol. The van der Waals surface area contributed by atoms with Crippen LogP contribution in [0.1, 0.15) is 12.5 Å². The zero-order valence-corrected chi connectivity index (χ0v) is 17.5. The van der Waals surface area contributed by atoms with E-state index in [0.717, 1.165) is 12.1 Å². The summed E-state index contributed by atoms with van der Waals surface area (Å²) in [6.45, 7) is 2.84. The normalized spacial score (nSPS) is 17.1. The minimum atomic E-state index is -4.65. The summed E-state index contributed by atoms with van der Waals surface area (Å²) in [7, 11) is 0. The molecule has 1 saturated heterocycles. The Morgan fingerprint density at radius 3 is 2.66 bits per heavy atom. The summed E-state index contributed by atoms with van der Waals surface area (Å²) in [5.41, 5.74) is 4.72. The average Bonchev–Trinajstić information content (AvgIpc) is 2.72. The maximum absolute atomic E-state index is 13.5. The first-order valence-corrected chi connectivity index (χ1v) is 9.97. The summed E-state index contributed by atoms with van der Waals surface area (Å²) in [5.74, 6) is 0.454. The molecular weight excluding hydrogens is 449 g/mol. The highest BCUT2D eigenvalue weighted by Crippen LogP contribution is 2.41. The summed E-state index contributed by atoms with van der Waals surface area (Å²) in [5, 5.41) is 9.80. The highest BCUT2D eigenvalue weighted by Gasteiger charge is 2.35. The van der Waals surface area contributed by atoms with E-state index in [1.54, 1.807) is 0 Å². The maximum atomic E-state index is 13.5. The van der Waals surface area contributed by atoms with E-state index in [1.807, 2.05) is 11.8 Å². The molecule has 32 heavy (non-hydrogen) atoms. The Morgan fingerprint density at radius 1 is 1.25 bits per heavy atom. The second-order valence-corrected chi connectivity index (χ2v) is 7.85. The van der Waals surface area contributed by atoms with Crippen LogP contribution in [0.3, 0.4) is 0 Å². The van der Waals surface area contributed by atoms with Gasteiger partial charge in [-0.05, 0) is 31.2 Å². The molecule has 0 saturated carbocycles. The molecule has 0 unspecified atom stereocenters. The van der Waals surface area contributed by atoms with Crippen molar-refractivity contribution >= 4 is 40.2 Å². The van der Waals surface area contributed by atoms with Gasteiger partial charge in [-0.2, -0.15) is 13.2 Å². The van der Waals surface area contributed by atoms with Gasteiger partial charge in [-0.15, -0.1) is 0 Å². The molecule has 4 rings (SSSR count). The minimum Gasteiger partial charge on any atom is -0.465 e. The molecule has 2 aromatic heterocycles. The molecule has 1 amide bonds. The molecule has 1 aromatic carbocycles. The van der Waals surface area contributed by atoms with E-state index in [4.69, 9.17) is 17.3 Å². The number of rotatable bonds is 2. The highest BCUT2D eigenvalue weighted by atomic mass is 35.5. The van der Waals surface area contributed by atoms with Crippen LogP contribution in [0.5, 0.6) is 0 Å². The molecule has 168 valence electrons. The average molecular weight is 467 g/mol. The lowest BCUT2D eigenvalue weighted by Crippen LogP contribution is -2.53.